The summed E-state index contributed by atoms with van der Waals surface area (Å²) in [5.74, 6) is -2.31. The summed E-state index contributed by atoms with van der Waals surface area (Å²) in [6.45, 7) is 2.76. The Kier molecular flexibility index (Phi) is 9.91. The summed E-state index contributed by atoms with van der Waals surface area (Å²) in [7, 11) is 1.56. The minimum Gasteiger partial charge on any atom is -0.357 e. The van der Waals surface area contributed by atoms with E-state index in [0.29, 0.717) is 38.8 Å². The van der Waals surface area contributed by atoms with E-state index in [0.717, 1.165) is 29.7 Å². The van der Waals surface area contributed by atoms with E-state index < -0.39 is 23.8 Å². The number of amides is 3. The molecule has 0 spiro atoms. The molecule has 1 fully saturated rings. The van der Waals surface area contributed by atoms with E-state index in [1.165, 1.54) is 0 Å². The number of rotatable bonds is 6. The summed E-state index contributed by atoms with van der Waals surface area (Å²) >= 11 is 0. The van der Waals surface area contributed by atoms with Crippen LogP contribution >= 0.6 is 0 Å². The van der Waals surface area contributed by atoms with Crippen molar-refractivity contribution in [1.29, 1.82) is 0 Å². The largest absolute Gasteiger partial charge is 0.357 e. The molecule has 210 valence electrons. The topological polar surface area (TPSA) is 120 Å². The van der Waals surface area contributed by atoms with E-state index in [-0.39, 0.29) is 17.9 Å². The van der Waals surface area contributed by atoms with Crippen LogP contribution in [0.1, 0.15) is 50.2 Å². The third-order valence-electron chi connectivity index (χ3n) is 7.70. The molecule has 1 saturated heterocycles. The maximum atomic E-state index is 13.6. The van der Waals surface area contributed by atoms with Crippen molar-refractivity contribution in [2.75, 3.05) is 18.7 Å². The summed E-state index contributed by atoms with van der Waals surface area (Å²) in [5, 5.41) is 13.8. The molecule has 10 heteroatoms. The molecule has 3 N–H and O–H groups in total. The van der Waals surface area contributed by atoms with Crippen LogP contribution in [0.15, 0.2) is 54.6 Å². The average molecular weight is 539 g/mol. The lowest BCUT2D eigenvalue weighted by molar-refractivity contribution is -0.313. The van der Waals surface area contributed by atoms with Gasteiger partial charge in [0.15, 0.2) is 0 Å². The van der Waals surface area contributed by atoms with E-state index in [4.69, 9.17) is 9.88 Å². The Morgan fingerprint density at radius 2 is 1.77 bits per heavy atom. The van der Waals surface area contributed by atoms with Gasteiger partial charge in [-0.25, -0.2) is 15.4 Å². The van der Waals surface area contributed by atoms with E-state index in [9.17, 15) is 19.6 Å². The number of likely N-dealkylation sites (N-methyl/N-ethyl adjacent to an activating group) is 1. The molecule has 4 atom stereocenters. The number of nitrogens with one attached hydrogen (secondary N) is 2. The zero-order valence-corrected chi connectivity index (χ0v) is 22.5. The van der Waals surface area contributed by atoms with Crippen molar-refractivity contribution in [3.05, 3.63) is 65.7 Å². The SMILES string of the molecule is CNC(=O)[C@@H]1Cc2ccc(cc2)N(OOCc2ccccc2)CCCCC[C@H](C(=O)NO)[C@H]2CC(C)N1C2=O. The molecule has 0 aromatic heterocycles. The van der Waals surface area contributed by atoms with Crippen LogP contribution in [-0.4, -0.2) is 53.5 Å². The Hall–Kier alpha value is -3.47. The van der Waals surface area contributed by atoms with Crippen LogP contribution in [0.4, 0.5) is 5.69 Å². The molecule has 2 aromatic carbocycles. The maximum absolute atomic E-state index is 13.6. The third-order valence-corrected chi connectivity index (χ3v) is 7.70. The second kappa shape index (κ2) is 13.5. The molecule has 3 heterocycles. The van der Waals surface area contributed by atoms with E-state index in [2.05, 4.69) is 5.32 Å². The zero-order chi connectivity index (χ0) is 27.8. The first-order valence-electron chi connectivity index (χ1n) is 13.6. The van der Waals surface area contributed by atoms with Gasteiger partial charge in [-0.1, -0.05) is 55.3 Å². The molecule has 10 nitrogen and oxygen atoms in total. The lowest BCUT2D eigenvalue weighted by atomic mass is 9.85. The fourth-order valence-electron chi connectivity index (χ4n) is 5.63. The number of hydrogen-bond acceptors (Lipinski definition) is 7. The van der Waals surface area contributed by atoms with Crippen LogP contribution in [0, 0.1) is 11.8 Å². The molecule has 4 bridgehead atoms. The Balaban J connectivity index is 1.58. The molecule has 0 radical (unpaired) electrons. The number of hydroxylamine groups is 2. The molecule has 5 rings (SSSR count). The predicted octanol–water partition coefficient (Wildman–Crippen LogP) is 3.15. The smallest absolute Gasteiger partial charge is 0.247 e. The average Bonchev–Trinajstić information content (AvgIpc) is 3.25. The first-order chi connectivity index (χ1) is 18.9. The molecule has 3 aliphatic heterocycles. The van der Waals surface area contributed by atoms with Crippen LogP contribution in [0.3, 0.4) is 0 Å². The summed E-state index contributed by atoms with van der Waals surface area (Å²) < 4.78 is 0. The number of fused-ring (bicyclic) bond motifs is 9. The van der Waals surface area contributed by atoms with Crippen LogP contribution < -0.4 is 15.9 Å². The van der Waals surface area contributed by atoms with Crippen molar-refractivity contribution in [2.45, 2.75) is 64.1 Å². The van der Waals surface area contributed by atoms with Gasteiger partial charge in [0.25, 0.3) is 0 Å². The van der Waals surface area contributed by atoms with Crippen molar-refractivity contribution in [3.63, 3.8) is 0 Å². The summed E-state index contributed by atoms with van der Waals surface area (Å²) in [5.41, 5.74) is 4.44. The Labute approximate surface area is 229 Å². The quantitative estimate of drug-likeness (QED) is 0.294. The number of carbonyl (C=O) groups is 3. The van der Waals surface area contributed by atoms with Crippen molar-refractivity contribution < 1.29 is 29.5 Å². The van der Waals surface area contributed by atoms with Crippen LogP contribution in [-0.2, 0) is 37.3 Å². The van der Waals surface area contributed by atoms with Crippen molar-refractivity contribution in [2.24, 2.45) is 11.8 Å². The van der Waals surface area contributed by atoms with E-state index in [1.54, 1.807) is 22.5 Å². The monoisotopic (exact) mass is 538 g/mol. The molecule has 1 unspecified atom stereocenters. The normalized spacial score (nSPS) is 24.0. The second-order valence-corrected chi connectivity index (χ2v) is 10.3. The first-order valence-corrected chi connectivity index (χ1v) is 13.6. The number of benzene rings is 2. The van der Waals surface area contributed by atoms with E-state index in [1.807, 2.05) is 61.5 Å². The van der Waals surface area contributed by atoms with E-state index >= 15 is 0 Å². The van der Waals surface area contributed by atoms with Crippen molar-refractivity contribution >= 4 is 23.4 Å². The Morgan fingerprint density at radius 3 is 2.46 bits per heavy atom. The van der Waals surface area contributed by atoms with Crippen molar-refractivity contribution in [3.8, 4) is 0 Å². The van der Waals surface area contributed by atoms with Crippen LogP contribution in [0.5, 0.6) is 0 Å². The highest BCUT2D eigenvalue weighted by Crippen LogP contribution is 2.36. The third kappa shape index (κ3) is 6.95. The predicted molar refractivity (Wildman–Crippen MR) is 144 cm³/mol. The van der Waals surface area contributed by atoms with Crippen LogP contribution in [0.25, 0.3) is 0 Å². The van der Waals surface area contributed by atoms with Crippen molar-refractivity contribution in [1.82, 2.24) is 15.7 Å². The molecular weight excluding hydrogens is 500 g/mol. The van der Waals surface area contributed by atoms with Gasteiger partial charge in [0.05, 0.1) is 17.5 Å². The highest BCUT2D eigenvalue weighted by atomic mass is 17.3. The van der Waals surface area contributed by atoms with Gasteiger partial charge < -0.3 is 10.2 Å². The molecule has 2 aromatic rings. The lowest BCUT2D eigenvalue weighted by Gasteiger charge is -2.31. The molecular formula is C29H38N4O6. The van der Waals surface area contributed by atoms with Crippen LogP contribution in [0.2, 0.25) is 0 Å². The number of carbonyl (C=O) groups excluding carboxylic acids is 3. The lowest BCUT2D eigenvalue weighted by Crippen LogP contribution is -2.51. The minimum atomic E-state index is -0.722. The molecule has 3 aliphatic rings. The maximum Gasteiger partial charge on any atom is 0.247 e. The molecule has 39 heavy (non-hydrogen) atoms. The Morgan fingerprint density at radius 1 is 1.03 bits per heavy atom. The fourth-order valence-corrected chi connectivity index (χ4v) is 5.63. The highest BCUT2D eigenvalue weighted by Gasteiger charge is 2.47. The molecule has 0 saturated carbocycles. The van der Waals surface area contributed by atoms with Gasteiger partial charge in [-0.05, 0) is 49.4 Å². The highest BCUT2D eigenvalue weighted by molar-refractivity contribution is 5.93. The molecule has 3 amide bonds. The van der Waals surface area contributed by atoms with Gasteiger partial charge in [0.2, 0.25) is 17.7 Å². The van der Waals surface area contributed by atoms with Gasteiger partial charge in [-0.2, -0.15) is 0 Å². The fraction of sp³-hybridized carbons (Fsp3) is 0.483. The summed E-state index contributed by atoms with van der Waals surface area (Å²) in [6.07, 6.45) is 3.46. The number of hydrogen-bond donors (Lipinski definition) is 3. The zero-order valence-electron chi connectivity index (χ0n) is 22.5. The van der Waals surface area contributed by atoms with Gasteiger partial charge in [0.1, 0.15) is 12.6 Å². The van der Waals surface area contributed by atoms with Gasteiger partial charge in [0, 0.05) is 26.1 Å². The van der Waals surface area contributed by atoms with Gasteiger partial charge in [-0.15, -0.1) is 4.99 Å². The Bertz CT molecular complexity index is 1110. The minimum absolute atomic E-state index is 0.219. The second-order valence-electron chi connectivity index (χ2n) is 10.3. The first kappa shape index (κ1) is 28.5. The number of nitrogens with zero attached hydrogens (tertiary/aromatic N) is 2. The number of anilines is 1. The standard InChI is InChI=1S/C29H38N4O6/c1-20-17-25-24(27(34)31-37)11-7-4-8-16-32(39-38-19-22-9-5-3-6-10-22)23-14-12-21(13-15-23)18-26(28(35)30-2)33(20)29(25)36/h3,5-6,9-10,12-15,20,24-26,37H,4,7-8,11,16-19H2,1-2H3,(H,30,35)(H,31,34)/t20?,24-,25+,26-/m0/s1. The summed E-state index contributed by atoms with van der Waals surface area (Å²) in [6, 6.07) is 16.5. The molecule has 0 aliphatic carbocycles. The van der Waals surface area contributed by atoms with Gasteiger partial charge >= 0.3 is 0 Å². The van der Waals surface area contributed by atoms with Gasteiger partial charge in [-0.3, -0.25) is 19.6 Å². The summed E-state index contributed by atoms with van der Waals surface area (Å²) in [4.78, 5) is 52.1.